The van der Waals surface area contributed by atoms with Crippen molar-refractivity contribution in [1.29, 1.82) is 0 Å². The first-order valence-electron chi connectivity index (χ1n) is 5.55. The Bertz CT molecular complexity index is 559. The van der Waals surface area contributed by atoms with Crippen LogP contribution in [-0.2, 0) is 9.84 Å². The summed E-state index contributed by atoms with van der Waals surface area (Å²) < 4.78 is 22.3. The van der Waals surface area contributed by atoms with Gasteiger partial charge in [-0.05, 0) is 25.4 Å². The fourth-order valence-corrected chi connectivity index (χ4v) is 1.53. The number of anilines is 2. The van der Waals surface area contributed by atoms with E-state index in [9.17, 15) is 8.42 Å². The zero-order valence-corrected chi connectivity index (χ0v) is 13.2. The van der Waals surface area contributed by atoms with Crippen LogP contribution in [0.2, 0.25) is 5.28 Å². The van der Waals surface area contributed by atoms with Crippen molar-refractivity contribution in [2.75, 3.05) is 37.1 Å². The molecule has 7 nitrogen and oxygen atoms in total. The summed E-state index contributed by atoms with van der Waals surface area (Å²) in [6.07, 6.45) is 1.19. The largest absolute Gasteiger partial charge is 0.352 e. The standard InChI is InChI=1S/C10H18ClN5O2S/c1-10(2,19(5,17)18)6-12-8-13-7(11)14-9(15-8)16(3)4/h6H2,1-5H3,(H,12,13,14,15). The van der Waals surface area contributed by atoms with Crippen LogP contribution in [0.3, 0.4) is 0 Å². The molecule has 0 amide bonds. The van der Waals surface area contributed by atoms with E-state index in [0.717, 1.165) is 0 Å². The molecule has 0 saturated carbocycles. The lowest BCUT2D eigenvalue weighted by molar-refractivity contribution is 0.559. The molecule has 0 saturated heterocycles. The van der Waals surface area contributed by atoms with Crippen molar-refractivity contribution in [3.05, 3.63) is 5.28 Å². The molecule has 0 aromatic carbocycles. The highest BCUT2D eigenvalue weighted by Crippen LogP contribution is 2.17. The Morgan fingerprint density at radius 3 is 2.32 bits per heavy atom. The number of hydrogen-bond donors (Lipinski definition) is 1. The predicted molar refractivity (Wildman–Crippen MR) is 76.6 cm³/mol. The molecule has 1 rings (SSSR count). The molecule has 0 aliphatic rings. The maximum absolute atomic E-state index is 11.6. The van der Waals surface area contributed by atoms with Crippen LogP contribution < -0.4 is 10.2 Å². The molecule has 1 N–H and O–H groups in total. The van der Waals surface area contributed by atoms with Gasteiger partial charge in [0.25, 0.3) is 0 Å². The first-order valence-corrected chi connectivity index (χ1v) is 7.82. The zero-order valence-electron chi connectivity index (χ0n) is 11.6. The Balaban J connectivity index is 2.90. The maximum atomic E-state index is 11.6. The molecule has 19 heavy (non-hydrogen) atoms. The van der Waals surface area contributed by atoms with Crippen LogP contribution in [-0.4, -0.2) is 55.0 Å². The highest BCUT2D eigenvalue weighted by molar-refractivity contribution is 7.92. The van der Waals surface area contributed by atoms with Crippen LogP contribution in [0.1, 0.15) is 13.8 Å². The second kappa shape index (κ2) is 5.46. The smallest absolute Gasteiger partial charge is 0.230 e. The van der Waals surface area contributed by atoms with Crippen molar-refractivity contribution in [3.63, 3.8) is 0 Å². The lowest BCUT2D eigenvalue weighted by atomic mass is 10.2. The monoisotopic (exact) mass is 307 g/mol. The molecular weight excluding hydrogens is 290 g/mol. The first kappa shape index (κ1) is 15.9. The molecule has 0 radical (unpaired) electrons. The molecule has 0 aliphatic heterocycles. The SMILES string of the molecule is CN(C)c1nc(Cl)nc(NCC(C)(C)S(C)(=O)=O)n1. The van der Waals surface area contributed by atoms with E-state index in [4.69, 9.17) is 11.6 Å². The summed E-state index contributed by atoms with van der Waals surface area (Å²) in [7, 11) is 0.361. The van der Waals surface area contributed by atoms with E-state index in [-0.39, 0.29) is 17.8 Å². The summed E-state index contributed by atoms with van der Waals surface area (Å²) >= 11 is 5.79. The van der Waals surface area contributed by atoms with Crippen molar-refractivity contribution in [1.82, 2.24) is 15.0 Å². The van der Waals surface area contributed by atoms with Crippen molar-refractivity contribution in [2.24, 2.45) is 0 Å². The van der Waals surface area contributed by atoms with Gasteiger partial charge in [-0.3, -0.25) is 0 Å². The van der Waals surface area contributed by atoms with E-state index in [1.807, 2.05) is 0 Å². The number of rotatable bonds is 5. The van der Waals surface area contributed by atoms with Crippen LogP contribution in [0.4, 0.5) is 11.9 Å². The number of nitrogens with zero attached hydrogens (tertiary/aromatic N) is 4. The van der Waals surface area contributed by atoms with Gasteiger partial charge in [0.1, 0.15) is 0 Å². The van der Waals surface area contributed by atoms with E-state index < -0.39 is 14.6 Å². The summed E-state index contributed by atoms with van der Waals surface area (Å²) in [5, 5.41) is 2.93. The van der Waals surface area contributed by atoms with Gasteiger partial charge in [-0.25, -0.2) is 8.42 Å². The molecule has 0 atom stereocenters. The third kappa shape index (κ3) is 4.17. The van der Waals surface area contributed by atoms with E-state index in [1.54, 1.807) is 32.8 Å². The van der Waals surface area contributed by atoms with E-state index in [1.165, 1.54) is 6.26 Å². The van der Waals surface area contributed by atoms with Gasteiger partial charge in [0, 0.05) is 26.9 Å². The van der Waals surface area contributed by atoms with Crippen LogP contribution in [0, 0.1) is 0 Å². The van der Waals surface area contributed by atoms with Crippen LogP contribution >= 0.6 is 11.6 Å². The molecule has 9 heteroatoms. The van der Waals surface area contributed by atoms with Gasteiger partial charge in [0.2, 0.25) is 17.2 Å². The van der Waals surface area contributed by atoms with Crippen LogP contribution in [0.25, 0.3) is 0 Å². The molecular formula is C10H18ClN5O2S. The zero-order chi connectivity index (χ0) is 14.8. The molecule has 0 aliphatic carbocycles. The van der Waals surface area contributed by atoms with Gasteiger partial charge < -0.3 is 10.2 Å². The fraction of sp³-hybridized carbons (Fsp3) is 0.700. The van der Waals surface area contributed by atoms with Gasteiger partial charge in [-0.2, -0.15) is 15.0 Å². The van der Waals surface area contributed by atoms with Crippen molar-refractivity contribution < 1.29 is 8.42 Å². The number of nitrogens with one attached hydrogen (secondary N) is 1. The van der Waals surface area contributed by atoms with Crippen molar-refractivity contribution in [2.45, 2.75) is 18.6 Å². The number of hydrogen-bond acceptors (Lipinski definition) is 7. The van der Waals surface area contributed by atoms with Gasteiger partial charge in [-0.15, -0.1) is 0 Å². The van der Waals surface area contributed by atoms with E-state index in [0.29, 0.717) is 5.95 Å². The summed E-state index contributed by atoms with van der Waals surface area (Å²) in [6, 6.07) is 0. The average molecular weight is 308 g/mol. The quantitative estimate of drug-likeness (QED) is 0.861. The van der Waals surface area contributed by atoms with E-state index >= 15 is 0 Å². The number of sulfone groups is 1. The molecule has 108 valence electrons. The van der Waals surface area contributed by atoms with Gasteiger partial charge in [-0.1, -0.05) is 0 Å². The van der Waals surface area contributed by atoms with Crippen molar-refractivity contribution >= 4 is 33.3 Å². The molecule has 1 heterocycles. The van der Waals surface area contributed by atoms with Crippen molar-refractivity contribution in [3.8, 4) is 0 Å². The van der Waals surface area contributed by atoms with Gasteiger partial charge in [0.15, 0.2) is 9.84 Å². The normalized spacial score (nSPS) is 12.3. The Labute approximate surface area is 118 Å². The third-order valence-electron chi connectivity index (χ3n) is 2.67. The summed E-state index contributed by atoms with van der Waals surface area (Å²) in [6.45, 7) is 3.44. The highest BCUT2D eigenvalue weighted by atomic mass is 35.5. The summed E-state index contributed by atoms with van der Waals surface area (Å²) in [4.78, 5) is 13.7. The topological polar surface area (TPSA) is 88.1 Å². The minimum Gasteiger partial charge on any atom is -0.352 e. The summed E-state index contributed by atoms with van der Waals surface area (Å²) in [5.41, 5.74) is 0. The minimum absolute atomic E-state index is 0.0540. The molecule has 0 fully saturated rings. The lowest BCUT2D eigenvalue weighted by Gasteiger charge is -2.22. The lowest BCUT2D eigenvalue weighted by Crippen LogP contribution is -2.38. The van der Waals surface area contributed by atoms with Gasteiger partial charge >= 0.3 is 0 Å². The molecule has 0 unspecified atom stereocenters. The second-order valence-electron chi connectivity index (χ2n) is 5.01. The van der Waals surface area contributed by atoms with Crippen LogP contribution in [0.15, 0.2) is 0 Å². The number of halogens is 1. The molecule has 1 aromatic rings. The average Bonchev–Trinajstić information content (AvgIpc) is 2.24. The molecule has 0 spiro atoms. The van der Waals surface area contributed by atoms with E-state index in [2.05, 4.69) is 20.3 Å². The number of aromatic nitrogens is 3. The minimum atomic E-state index is -3.19. The highest BCUT2D eigenvalue weighted by Gasteiger charge is 2.30. The molecule has 1 aromatic heterocycles. The Morgan fingerprint density at radius 2 is 1.84 bits per heavy atom. The van der Waals surface area contributed by atoms with Gasteiger partial charge in [0.05, 0.1) is 4.75 Å². The fourth-order valence-electron chi connectivity index (χ4n) is 1.04. The summed E-state index contributed by atoms with van der Waals surface area (Å²) in [5.74, 6) is 0.653. The maximum Gasteiger partial charge on any atom is 0.230 e. The Kier molecular flexibility index (Phi) is 4.57. The Morgan fingerprint density at radius 1 is 1.26 bits per heavy atom. The molecule has 0 bridgehead atoms. The predicted octanol–water partition coefficient (Wildman–Crippen LogP) is 0.826. The second-order valence-corrected chi connectivity index (χ2v) is 8.00. The first-order chi connectivity index (χ1) is 8.53. The van der Waals surface area contributed by atoms with Crippen LogP contribution in [0.5, 0.6) is 0 Å². The Hall–Kier alpha value is -1.15. The third-order valence-corrected chi connectivity index (χ3v) is 4.99.